The zero-order chi connectivity index (χ0) is 17.1. The number of amides is 1. The van der Waals surface area contributed by atoms with Gasteiger partial charge in [-0.05, 0) is 59.5 Å². The van der Waals surface area contributed by atoms with Gasteiger partial charge in [0.05, 0.1) is 16.7 Å². The van der Waals surface area contributed by atoms with Crippen molar-refractivity contribution in [2.75, 3.05) is 13.1 Å². The van der Waals surface area contributed by atoms with E-state index < -0.39 is 0 Å². The number of nitrogens with zero attached hydrogens (tertiary/aromatic N) is 2. The lowest BCUT2D eigenvalue weighted by Gasteiger charge is -2.39. The quantitative estimate of drug-likeness (QED) is 0.894. The summed E-state index contributed by atoms with van der Waals surface area (Å²) in [6, 6.07) is 0.793. The Balaban J connectivity index is 1.49. The maximum Gasteiger partial charge on any atom is 0.223 e. The van der Waals surface area contributed by atoms with E-state index in [0.29, 0.717) is 0 Å². The minimum absolute atomic E-state index is 0.0128. The number of piperidine rings is 1. The van der Waals surface area contributed by atoms with Crippen LogP contribution < -0.4 is 5.32 Å². The summed E-state index contributed by atoms with van der Waals surface area (Å²) in [6.45, 7) is 8.34. The molecule has 1 saturated carbocycles. The number of rotatable bonds is 4. The van der Waals surface area contributed by atoms with Crippen molar-refractivity contribution < 1.29 is 4.79 Å². The van der Waals surface area contributed by atoms with E-state index in [1.54, 1.807) is 11.3 Å². The summed E-state index contributed by atoms with van der Waals surface area (Å²) in [5, 5.41) is 4.27. The van der Waals surface area contributed by atoms with Gasteiger partial charge in [-0.25, -0.2) is 4.98 Å². The third-order valence-corrected chi connectivity index (χ3v) is 6.60. The molecule has 1 aromatic heterocycles. The fourth-order valence-corrected chi connectivity index (χ4v) is 5.23. The number of thiazole rings is 1. The first-order valence-corrected chi connectivity index (χ1v) is 10.3. The molecule has 2 heterocycles. The molecule has 3 rings (SSSR count). The molecule has 4 nitrogen and oxygen atoms in total. The Kier molecular flexibility index (Phi) is 5.93. The minimum atomic E-state index is 0.0128. The van der Waals surface area contributed by atoms with Gasteiger partial charge in [0.25, 0.3) is 0 Å². The average Bonchev–Trinajstić information content (AvgIpc) is 2.94. The summed E-state index contributed by atoms with van der Waals surface area (Å²) in [5.41, 5.74) is 1.03. The maximum absolute atomic E-state index is 12.6. The molecule has 0 aromatic carbocycles. The van der Waals surface area contributed by atoms with E-state index in [9.17, 15) is 4.79 Å². The van der Waals surface area contributed by atoms with Crippen LogP contribution in [0.1, 0.15) is 73.5 Å². The van der Waals surface area contributed by atoms with Crippen molar-refractivity contribution in [2.24, 2.45) is 5.92 Å². The highest BCUT2D eigenvalue weighted by molar-refractivity contribution is 7.11. The van der Waals surface area contributed by atoms with Crippen LogP contribution in [0.4, 0.5) is 0 Å². The molecule has 1 N–H and O–H groups in total. The first-order chi connectivity index (χ1) is 11.5. The Bertz CT molecular complexity index is 557. The van der Waals surface area contributed by atoms with E-state index >= 15 is 0 Å². The van der Waals surface area contributed by atoms with Crippen LogP contribution in [0.2, 0.25) is 0 Å². The standard InChI is InChI=1S/C19H31N3OS/c1-13(18-14(2)24-15(3)21-18)20-19(23)16-9-11-22(12-10-16)17-7-5-4-6-8-17/h13,16-17H,4-12H2,1-3H3,(H,20,23)/t13-/m1/s1. The lowest BCUT2D eigenvalue weighted by atomic mass is 9.89. The molecule has 1 amide bonds. The Morgan fingerprint density at radius 1 is 1.17 bits per heavy atom. The zero-order valence-electron chi connectivity index (χ0n) is 15.3. The van der Waals surface area contributed by atoms with Gasteiger partial charge >= 0.3 is 0 Å². The van der Waals surface area contributed by atoms with Crippen LogP contribution >= 0.6 is 11.3 Å². The summed E-state index contributed by atoms with van der Waals surface area (Å²) in [5.74, 6) is 0.392. The van der Waals surface area contributed by atoms with Crippen molar-refractivity contribution in [1.82, 2.24) is 15.2 Å². The molecule has 0 spiro atoms. The molecular formula is C19H31N3OS. The number of carbonyl (C=O) groups excluding carboxylic acids is 1. The van der Waals surface area contributed by atoms with Gasteiger partial charge in [0.1, 0.15) is 0 Å². The number of aryl methyl sites for hydroxylation is 2. The fraction of sp³-hybridized carbons (Fsp3) is 0.789. The summed E-state index contributed by atoms with van der Waals surface area (Å²) < 4.78 is 0. The van der Waals surface area contributed by atoms with Crippen LogP contribution in [-0.4, -0.2) is 34.9 Å². The van der Waals surface area contributed by atoms with Crippen LogP contribution in [0.3, 0.4) is 0 Å². The van der Waals surface area contributed by atoms with Crippen molar-refractivity contribution in [2.45, 2.75) is 77.8 Å². The van der Waals surface area contributed by atoms with E-state index in [-0.39, 0.29) is 17.9 Å². The second-order valence-electron chi connectivity index (χ2n) is 7.51. The first kappa shape index (κ1) is 17.9. The molecule has 5 heteroatoms. The Hall–Kier alpha value is -0.940. The molecular weight excluding hydrogens is 318 g/mol. The van der Waals surface area contributed by atoms with Crippen molar-refractivity contribution >= 4 is 17.2 Å². The average molecular weight is 350 g/mol. The SMILES string of the molecule is Cc1nc([C@@H](C)NC(=O)C2CCN(C3CCCCC3)CC2)c(C)s1. The molecule has 2 fully saturated rings. The van der Waals surface area contributed by atoms with E-state index in [4.69, 9.17) is 0 Å². The van der Waals surface area contributed by atoms with Crippen LogP contribution in [0.25, 0.3) is 0 Å². The van der Waals surface area contributed by atoms with Gasteiger partial charge in [-0.1, -0.05) is 19.3 Å². The molecule has 134 valence electrons. The van der Waals surface area contributed by atoms with Gasteiger partial charge in [0, 0.05) is 16.8 Å². The monoisotopic (exact) mass is 349 g/mol. The van der Waals surface area contributed by atoms with E-state index in [1.165, 1.54) is 37.0 Å². The number of likely N-dealkylation sites (tertiary alicyclic amines) is 1. The predicted molar refractivity (Wildman–Crippen MR) is 99.3 cm³/mol. The van der Waals surface area contributed by atoms with Crippen molar-refractivity contribution in [3.05, 3.63) is 15.6 Å². The molecule has 2 aliphatic rings. The molecule has 24 heavy (non-hydrogen) atoms. The highest BCUT2D eigenvalue weighted by Crippen LogP contribution is 2.28. The zero-order valence-corrected chi connectivity index (χ0v) is 16.1. The van der Waals surface area contributed by atoms with Gasteiger partial charge < -0.3 is 10.2 Å². The highest BCUT2D eigenvalue weighted by atomic mass is 32.1. The van der Waals surface area contributed by atoms with Crippen molar-refractivity contribution in [3.8, 4) is 0 Å². The number of hydrogen-bond acceptors (Lipinski definition) is 4. The number of nitrogens with one attached hydrogen (secondary N) is 1. The third kappa shape index (κ3) is 4.17. The van der Waals surface area contributed by atoms with Crippen molar-refractivity contribution in [1.29, 1.82) is 0 Å². The van der Waals surface area contributed by atoms with Gasteiger partial charge in [0.15, 0.2) is 0 Å². The third-order valence-electron chi connectivity index (χ3n) is 5.70. The smallest absolute Gasteiger partial charge is 0.223 e. The van der Waals surface area contributed by atoms with Crippen molar-refractivity contribution in [3.63, 3.8) is 0 Å². The van der Waals surface area contributed by atoms with Gasteiger partial charge in [-0.15, -0.1) is 11.3 Å². The topological polar surface area (TPSA) is 45.2 Å². The first-order valence-electron chi connectivity index (χ1n) is 9.53. The highest BCUT2D eigenvalue weighted by Gasteiger charge is 2.30. The van der Waals surface area contributed by atoms with Crippen LogP contribution in [0, 0.1) is 19.8 Å². The molecule has 1 atom stereocenters. The van der Waals surface area contributed by atoms with Crippen LogP contribution in [0.5, 0.6) is 0 Å². The minimum Gasteiger partial charge on any atom is -0.348 e. The molecule has 0 bridgehead atoms. The van der Waals surface area contributed by atoms with Crippen LogP contribution in [-0.2, 0) is 4.79 Å². The molecule has 1 aliphatic carbocycles. The normalized spacial score (nSPS) is 22.5. The number of carbonyl (C=O) groups is 1. The van der Waals surface area contributed by atoms with E-state index in [1.807, 2.05) is 6.92 Å². The summed E-state index contributed by atoms with van der Waals surface area (Å²) >= 11 is 1.71. The Labute approximate surface area is 150 Å². The second-order valence-corrected chi connectivity index (χ2v) is 8.91. The molecule has 0 radical (unpaired) electrons. The molecule has 1 aliphatic heterocycles. The lowest BCUT2D eigenvalue weighted by Crippen LogP contribution is -2.45. The Morgan fingerprint density at radius 3 is 2.42 bits per heavy atom. The summed E-state index contributed by atoms with van der Waals surface area (Å²) in [6.07, 6.45) is 8.90. The lowest BCUT2D eigenvalue weighted by molar-refractivity contribution is -0.127. The predicted octanol–water partition coefficient (Wildman–Crippen LogP) is 3.98. The molecule has 1 aromatic rings. The largest absolute Gasteiger partial charge is 0.348 e. The van der Waals surface area contributed by atoms with Crippen LogP contribution in [0.15, 0.2) is 0 Å². The molecule has 1 saturated heterocycles. The van der Waals surface area contributed by atoms with Gasteiger partial charge in [-0.2, -0.15) is 0 Å². The van der Waals surface area contributed by atoms with Gasteiger partial charge in [-0.3, -0.25) is 4.79 Å². The second kappa shape index (κ2) is 7.96. The van der Waals surface area contributed by atoms with Gasteiger partial charge in [0.2, 0.25) is 5.91 Å². The summed E-state index contributed by atoms with van der Waals surface area (Å²) in [4.78, 5) is 21.1. The fourth-order valence-electron chi connectivity index (χ4n) is 4.32. The Morgan fingerprint density at radius 2 is 1.83 bits per heavy atom. The van der Waals surface area contributed by atoms with E-state index in [2.05, 4.69) is 29.0 Å². The maximum atomic E-state index is 12.6. The van der Waals surface area contributed by atoms with E-state index in [0.717, 1.165) is 42.7 Å². The number of aromatic nitrogens is 1. The molecule has 0 unspecified atom stereocenters. The number of hydrogen-bond donors (Lipinski definition) is 1. The summed E-state index contributed by atoms with van der Waals surface area (Å²) in [7, 11) is 0.